The summed E-state index contributed by atoms with van der Waals surface area (Å²) in [6, 6.07) is 15.6. The van der Waals surface area contributed by atoms with Gasteiger partial charge in [0, 0.05) is 18.2 Å². The van der Waals surface area contributed by atoms with E-state index < -0.39 is 5.41 Å². The van der Waals surface area contributed by atoms with E-state index in [9.17, 15) is 9.59 Å². The Morgan fingerprint density at radius 2 is 1.60 bits per heavy atom. The van der Waals surface area contributed by atoms with Crippen LogP contribution in [-0.2, 0) is 21.5 Å². The van der Waals surface area contributed by atoms with Gasteiger partial charge in [-0.3, -0.25) is 9.59 Å². The summed E-state index contributed by atoms with van der Waals surface area (Å²) in [5.74, 6) is 0.806. The van der Waals surface area contributed by atoms with Gasteiger partial charge in [-0.05, 0) is 48.2 Å². The number of carbonyl (C=O) groups excluding carboxylic acids is 2. The molecule has 30 heavy (non-hydrogen) atoms. The summed E-state index contributed by atoms with van der Waals surface area (Å²) in [4.78, 5) is 25.3. The van der Waals surface area contributed by atoms with Gasteiger partial charge in [0.25, 0.3) is 0 Å². The van der Waals surface area contributed by atoms with Crippen LogP contribution in [0.5, 0.6) is 5.75 Å². The molecule has 5 heteroatoms. The third-order valence-electron chi connectivity index (χ3n) is 5.98. The zero-order valence-electron chi connectivity index (χ0n) is 18.2. The molecule has 2 aromatic rings. The molecule has 2 amide bonds. The first-order chi connectivity index (χ1) is 14.4. The molecule has 1 fully saturated rings. The monoisotopic (exact) mass is 408 g/mol. The van der Waals surface area contributed by atoms with Crippen LogP contribution in [0.15, 0.2) is 48.5 Å². The number of amides is 2. The van der Waals surface area contributed by atoms with Gasteiger partial charge in [-0.15, -0.1) is 0 Å². The largest absolute Gasteiger partial charge is 0.497 e. The van der Waals surface area contributed by atoms with E-state index in [2.05, 4.69) is 10.6 Å². The van der Waals surface area contributed by atoms with Crippen LogP contribution in [0.4, 0.5) is 5.69 Å². The van der Waals surface area contributed by atoms with Crippen molar-refractivity contribution in [2.24, 2.45) is 5.92 Å². The average Bonchev–Trinajstić information content (AvgIpc) is 2.78. The molecule has 0 heterocycles. The predicted octanol–water partition coefficient (Wildman–Crippen LogP) is 4.81. The topological polar surface area (TPSA) is 67.4 Å². The lowest BCUT2D eigenvalue weighted by Gasteiger charge is -2.36. The Labute approximate surface area is 179 Å². The second-order valence-electron chi connectivity index (χ2n) is 8.39. The number of nitrogens with one attached hydrogen (secondary N) is 2. The molecule has 0 aliphatic heterocycles. The van der Waals surface area contributed by atoms with Gasteiger partial charge in [-0.1, -0.05) is 57.4 Å². The van der Waals surface area contributed by atoms with Gasteiger partial charge < -0.3 is 15.4 Å². The van der Waals surface area contributed by atoms with Crippen LogP contribution < -0.4 is 15.4 Å². The standard InChI is InChI=1S/C25H32N2O3/c1-18(2)23(28)27-21-11-9-20(10-12-21)25(15-5-4-6-16-25)24(29)26-17-19-7-13-22(30-3)14-8-19/h7-14,18H,4-6,15-17H2,1-3H3,(H,26,29)(H,27,28). The SMILES string of the molecule is COc1ccc(CNC(=O)C2(c3ccc(NC(=O)C(C)C)cc3)CCCCC2)cc1. The molecule has 0 radical (unpaired) electrons. The molecule has 1 saturated carbocycles. The van der Waals surface area contributed by atoms with Crippen LogP contribution in [0.2, 0.25) is 0 Å². The Hall–Kier alpha value is -2.82. The third-order valence-corrected chi connectivity index (χ3v) is 5.98. The van der Waals surface area contributed by atoms with Crippen molar-refractivity contribution in [2.45, 2.75) is 57.9 Å². The number of hydrogen-bond acceptors (Lipinski definition) is 3. The number of anilines is 1. The Morgan fingerprint density at radius 3 is 2.17 bits per heavy atom. The zero-order chi connectivity index (χ0) is 21.6. The third kappa shape index (κ3) is 5.02. The Bertz CT molecular complexity index is 851. The maximum Gasteiger partial charge on any atom is 0.230 e. The summed E-state index contributed by atoms with van der Waals surface area (Å²) in [7, 11) is 1.64. The summed E-state index contributed by atoms with van der Waals surface area (Å²) in [5.41, 5.74) is 2.33. The Kier molecular flexibility index (Phi) is 7.14. The van der Waals surface area contributed by atoms with Gasteiger partial charge in [0.2, 0.25) is 11.8 Å². The van der Waals surface area contributed by atoms with E-state index in [1.54, 1.807) is 7.11 Å². The first kappa shape index (κ1) is 21.9. The van der Waals surface area contributed by atoms with Crippen molar-refractivity contribution in [1.82, 2.24) is 5.32 Å². The van der Waals surface area contributed by atoms with Crippen molar-refractivity contribution in [3.8, 4) is 5.75 Å². The molecule has 0 bridgehead atoms. The molecule has 0 atom stereocenters. The molecule has 1 aliphatic rings. The minimum absolute atomic E-state index is 0.00707. The van der Waals surface area contributed by atoms with Crippen molar-refractivity contribution in [3.63, 3.8) is 0 Å². The fourth-order valence-electron chi connectivity index (χ4n) is 4.06. The van der Waals surface area contributed by atoms with Crippen molar-refractivity contribution >= 4 is 17.5 Å². The summed E-state index contributed by atoms with van der Waals surface area (Å²) in [5, 5.41) is 6.08. The van der Waals surface area contributed by atoms with E-state index in [0.29, 0.717) is 6.54 Å². The van der Waals surface area contributed by atoms with Gasteiger partial charge in [0.05, 0.1) is 12.5 Å². The van der Waals surface area contributed by atoms with Gasteiger partial charge in [0.1, 0.15) is 5.75 Å². The van der Waals surface area contributed by atoms with Crippen LogP contribution in [0, 0.1) is 5.92 Å². The molecule has 0 spiro atoms. The van der Waals surface area contributed by atoms with Crippen molar-refractivity contribution in [1.29, 1.82) is 0 Å². The Morgan fingerprint density at radius 1 is 0.967 bits per heavy atom. The van der Waals surface area contributed by atoms with Gasteiger partial charge in [-0.2, -0.15) is 0 Å². The molecule has 5 nitrogen and oxygen atoms in total. The summed E-state index contributed by atoms with van der Waals surface area (Å²) >= 11 is 0. The summed E-state index contributed by atoms with van der Waals surface area (Å²) in [6.07, 6.45) is 4.94. The minimum Gasteiger partial charge on any atom is -0.497 e. The highest BCUT2D eigenvalue weighted by Gasteiger charge is 2.40. The number of benzene rings is 2. The second-order valence-corrected chi connectivity index (χ2v) is 8.39. The first-order valence-corrected chi connectivity index (χ1v) is 10.8. The Balaban J connectivity index is 1.74. The number of rotatable bonds is 7. The van der Waals surface area contributed by atoms with E-state index in [1.807, 2.05) is 62.4 Å². The molecule has 0 saturated heterocycles. The van der Waals surface area contributed by atoms with E-state index in [-0.39, 0.29) is 17.7 Å². The van der Waals surface area contributed by atoms with Crippen LogP contribution in [0.3, 0.4) is 0 Å². The molecular formula is C25H32N2O3. The van der Waals surface area contributed by atoms with Gasteiger partial charge in [0.15, 0.2) is 0 Å². The van der Waals surface area contributed by atoms with Crippen molar-refractivity contribution < 1.29 is 14.3 Å². The fourth-order valence-corrected chi connectivity index (χ4v) is 4.06. The molecular weight excluding hydrogens is 376 g/mol. The summed E-state index contributed by atoms with van der Waals surface area (Å²) < 4.78 is 5.20. The second kappa shape index (κ2) is 9.79. The summed E-state index contributed by atoms with van der Waals surface area (Å²) in [6.45, 7) is 4.23. The zero-order valence-corrected chi connectivity index (χ0v) is 18.2. The lowest BCUT2D eigenvalue weighted by molar-refractivity contribution is -0.128. The molecule has 0 unspecified atom stereocenters. The molecule has 160 valence electrons. The number of ether oxygens (including phenoxy) is 1. The number of hydrogen-bond donors (Lipinski definition) is 2. The highest BCUT2D eigenvalue weighted by molar-refractivity contribution is 5.92. The first-order valence-electron chi connectivity index (χ1n) is 10.8. The van der Waals surface area contributed by atoms with Gasteiger partial charge >= 0.3 is 0 Å². The fraction of sp³-hybridized carbons (Fsp3) is 0.440. The van der Waals surface area contributed by atoms with Crippen molar-refractivity contribution in [3.05, 3.63) is 59.7 Å². The lowest BCUT2D eigenvalue weighted by Crippen LogP contribution is -2.45. The number of methoxy groups -OCH3 is 1. The molecule has 1 aliphatic carbocycles. The van der Waals surface area contributed by atoms with E-state index >= 15 is 0 Å². The van der Waals surface area contributed by atoms with Crippen LogP contribution in [0.1, 0.15) is 57.1 Å². The van der Waals surface area contributed by atoms with E-state index in [4.69, 9.17) is 4.74 Å². The van der Waals surface area contributed by atoms with Crippen LogP contribution in [-0.4, -0.2) is 18.9 Å². The molecule has 2 N–H and O–H groups in total. The minimum atomic E-state index is -0.509. The van der Waals surface area contributed by atoms with E-state index in [0.717, 1.165) is 54.7 Å². The lowest BCUT2D eigenvalue weighted by atomic mass is 9.68. The van der Waals surface area contributed by atoms with Crippen molar-refractivity contribution in [2.75, 3.05) is 12.4 Å². The van der Waals surface area contributed by atoms with E-state index in [1.165, 1.54) is 0 Å². The highest BCUT2D eigenvalue weighted by atomic mass is 16.5. The van der Waals surface area contributed by atoms with Crippen LogP contribution in [0.25, 0.3) is 0 Å². The maximum atomic E-state index is 13.4. The number of carbonyl (C=O) groups is 2. The molecule has 3 rings (SSSR count). The smallest absolute Gasteiger partial charge is 0.230 e. The highest BCUT2D eigenvalue weighted by Crippen LogP contribution is 2.40. The van der Waals surface area contributed by atoms with Crippen LogP contribution >= 0.6 is 0 Å². The normalized spacial score (nSPS) is 15.5. The van der Waals surface area contributed by atoms with Gasteiger partial charge in [-0.25, -0.2) is 0 Å². The molecule has 0 aromatic heterocycles. The quantitative estimate of drug-likeness (QED) is 0.691. The maximum absolute atomic E-state index is 13.4. The average molecular weight is 409 g/mol. The molecule has 2 aromatic carbocycles. The predicted molar refractivity (Wildman–Crippen MR) is 120 cm³/mol.